The van der Waals surface area contributed by atoms with E-state index >= 15 is 0 Å². The number of hydrogen-bond donors (Lipinski definition) is 2. The van der Waals surface area contributed by atoms with Gasteiger partial charge >= 0.3 is 0 Å². The summed E-state index contributed by atoms with van der Waals surface area (Å²) in [5, 5.41) is 0.0185. The van der Waals surface area contributed by atoms with Crippen LogP contribution in [0.3, 0.4) is 0 Å². The molecule has 126 valence electrons. The Balaban J connectivity index is 1.68. The smallest absolute Gasteiger partial charge is 0.0876 e. The average Bonchev–Trinajstić information content (AvgIpc) is 2.84. The highest BCUT2D eigenvalue weighted by Crippen LogP contribution is 2.43. The Kier molecular flexibility index (Phi) is 4.35. The molecule has 24 heavy (non-hydrogen) atoms. The van der Waals surface area contributed by atoms with E-state index in [0.717, 1.165) is 43.7 Å². The van der Waals surface area contributed by atoms with E-state index in [2.05, 4.69) is 45.3 Å². The fourth-order valence-corrected chi connectivity index (χ4v) is 4.44. The zero-order valence-electron chi connectivity index (χ0n) is 13.6. The van der Waals surface area contributed by atoms with Crippen LogP contribution in [0.25, 0.3) is 0 Å². The van der Waals surface area contributed by atoms with Crippen LogP contribution in [0.5, 0.6) is 0 Å². The number of anilines is 2. The lowest BCUT2D eigenvalue weighted by atomic mass is 10.1. The van der Waals surface area contributed by atoms with Gasteiger partial charge in [-0.25, -0.2) is 0 Å². The third-order valence-corrected chi connectivity index (χ3v) is 5.74. The van der Waals surface area contributed by atoms with Gasteiger partial charge < -0.3 is 21.3 Å². The summed E-state index contributed by atoms with van der Waals surface area (Å²) in [5.41, 5.74) is 15.7. The topological polar surface area (TPSA) is 71.4 Å². The van der Waals surface area contributed by atoms with Crippen LogP contribution < -0.4 is 21.3 Å². The SMILES string of the molecule is NC1C=C2C(=CC=CN2c2cnccc2N2CCC[C@@H](N)CC2)S1. The molecule has 1 aromatic heterocycles. The summed E-state index contributed by atoms with van der Waals surface area (Å²) in [6.45, 7) is 2.03. The normalized spacial score (nSPS) is 26.8. The molecular formula is C18H23N5S. The Morgan fingerprint density at radius 1 is 1.17 bits per heavy atom. The maximum atomic E-state index is 6.15. The van der Waals surface area contributed by atoms with Crippen LogP contribution in [0.2, 0.25) is 0 Å². The lowest BCUT2D eigenvalue weighted by molar-refractivity contribution is 0.601. The van der Waals surface area contributed by atoms with Crippen molar-refractivity contribution in [1.29, 1.82) is 0 Å². The Bertz CT molecular complexity index is 711. The van der Waals surface area contributed by atoms with Crippen LogP contribution >= 0.6 is 11.8 Å². The van der Waals surface area contributed by atoms with Crippen molar-refractivity contribution in [2.45, 2.75) is 30.7 Å². The van der Waals surface area contributed by atoms with E-state index in [1.165, 1.54) is 10.6 Å². The van der Waals surface area contributed by atoms with E-state index in [-0.39, 0.29) is 5.37 Å². The number of rotatable bonds is 2. The van der Waals surface area contributed by atoms with E-state index < -0.39 is 0 Å². The second-order valence-corrected chi connectivity index (χ2v) is 7.64. The van der Waals surface area contributed by atoms with Gasteiger partial charge in [0, 0.05) is 36.4 Å². The molecule has 4 N–H and O–H groups in total. The van der Waals surface area contributed by atoms with E-state index in [1.54, 1.807) is 11.8 Å². The molecule has 2 atom stereocenters. The number of nitrogens with zero attached hydrogens (tertiary/aromatic N) is 3. The third-order valence-electron chi connectivity index (χ3n) is 4.73. The highest BCUT2D eigenvalue weighted by molar-refractivity contribution is 8.04. The zero-order chi connectivity index (χ0) is 16.5. The summed E-state index contributed by atoms with van der Waals surface area (Å²) < 4.78 is 0. The zero-order valence-corrected chi connectivity index (χ0v) is 14.5. The molecule has 0 spiro atoms. The molecule has 0 radical (unpaired) electrons. The van der Waals surface area contributed by atoms with Crippen LogP contribution in [0.4, 0.5) is 11.4 Å². The van der Waals surface area contributed by atoms with Gasteiger partial charge in [-0.15, -0.1) is 11.8 Å². The van der Waals surface area contributed by atoms with Gasteiger partial charge in [0.05, 0.1) is 28.6 Å². The lowest BCUT2D eigenvalue weighted by Gasteiger charge is -2.31. The maximum absolute atomic E-state index is 6.15. The molecule has 3 aliphatic rings. The molecule has 4 rings (SSSR count). The predicted molar refractivity (Wildman–Crippen MR) is 102 cm³/mol. The van der Waals surface area contributed by atoms with Crippen LogP contribution in [0.1, 0.15) is 19.3 Å². The van der Waals surface area contributed by atoms with Gasteiger partial charge in [-0.1, -0.05) is 0 Å². The van der Waals surface area contributed by atoms with E-state index in [1.807, 2.05) is 12.4 Å². The first kappa shape index (κ1) is 15.7. The summed E-state index contributed by atoms with van der Waals surface area (Å²) in [5.74, 6) is 0. The predicted octanol–water partition coefficient (Wildman–Crippen LogP) is 2.53. The molecule has 5 nitrogen and oxygen atoms in total. The molecule has 1 fully saturated rings. The summed E-state index contributed by atoms with van der Waals surface area (Å²) in [6.07, 6.45) is 15.5. The quantitative estimate of drug-likeness (QED) is 0.861. The molecule has 4 heterocycles. The van der Waals surface area contributed by atoms with Crippen molar-refractivity contribution in [2.24, 2.45) is 11.5 Å². The Morgan fingerprint density at radius 2 is 2.08 bits per heavy atom. The number of allylic oxidation sites excluding steroid dienone is 2. The average molecular weight is 341 g/mol. The number of pyridine rings is 1. The minimum atomic E-state index is 0.0185. The maximum Gasteiger partial charge on any atom is 0.0876 e. The largest absolute Gasteiger partial charge is 0.370 e. The molecule has 1 saturated heterocycles. The fourth-order valence-electron chi connectivity index (χ4n) is 3.50. The van der Waals surface area contributed by atoms with Crippen molar-refractivity contribution in [3.63, 3.8) is 0 Å². The molecule has 0 bridgehead atoms. The third kappa shape index (κ3) is 2.97. The van der Waals surface area contributed by atoms with Crippen molar-refractivity contribution >= 4 is 23.1 Å². The summed E-state index contributed by atoms with van der Waals surface area (Å²) in [6, 6.07) is 2.43. The summed E-state index contributed by atoms with van der Waals surface area (Å²) in [4.78, 5) is 10.2. The van der Waals surface area contributed by atoms with Crippen LogP contribution in [0, 0.1) is 0 Å². The van der Waals surface area contributed by atoms with Crippen LogP contribution in [0.15, 0.2) is 53.5 Å². The Morgan fingerprint density at radius 3 is 3.00 bits per heavy atom. The molecule has 1 unspecified atom stereocenters. The molecule has 0 aromatic carbocycles. The minimum Gasteiger partial charge on any atom is -0.370 e. The standard InChI is InChI=1S/C18H23N5S/c19-13-3-1-8-22(10-6-13)14-5-7-21-12-16(14)23-9-2-4-17-15(23)11-18(20)24-17/h2,4-5,7,9,11-13,18H,1,3,6,8,10,19-20H2/t13-,18?/m1/s1. The van der Waals surface area contributed by atoms with Gasteiger partial charge in [-0.3, -0.25) is 4.98 Å². The number of hydrogen-bond acceptors (Lipinski definition) is 6. The number of fused-ring (bicyclic) bond motifs is 1. The Hall–Kier alpha value is -1.76. The first-order valence-corrected chi connectivity index (χ1v) is 9.37. The summed E-state index contributed by atoms with van der Waals surface area (Å²) >= 11 is 1.70. The van der Waals surface area contributed by atoms with Crippen molar-refractivity contribution in [2.75, 3.05) is 22.9 Å². The van der Waals surface area contributed by atoms with Gasteiger partial charge in [-0.05, 0) is 43.6 Å². The minimum absolute atomic E-state index is 0.0185. The lowest BCUT2D eigenvalue weighted by Crippen LogP contribution is -2.28. The van der Waals surface area contributed by atoms with Crippen molar-refractivity contribution < 1.29 is 0 Å². The van der Waals surface area contributed by atoms with Gasteiger partial charge in [-0.2, -0.15) is 0 Å². The number of nitrogens with two attached hydrogens (primary N) is 2. The second kappa shape index (κ2) is 6.63. The highest BCUT2D eigenvalue weighted by Gasteiger charge is 2.27. The van der Waals surface area contributed by atoms with E-state index in [9.17, 15) is 0 Å². The highest BCUT2D eigenvalue weighted by atomic mass is 32.2. The van der Waals surface area contributed by atoms with E-state index in [0.29, 0.717) is 6.04 Å². The van der Waals surface area contributed by atoms with Gasteiger partial charge in [0.25, 0.3) is 0 Å². The van der Waals surface area contributed by atoms with E-state index in [4.69, 9.17) is 11.5 Å². The first-order chi connectivity index (χ1) is 11.7. The molecule has 0 amide bonds. The second-order valence-electron chi connectivity index (χ2n) is 6.42. The Labute approximate surface area is 147 Å². The van der Waals surface area contributed by atoms with Crippen molar-refractivity contribution in [1.82, 2.24) is 4.98 Å². The molecule has 1 aromatic rings. The molecule has 3 aliphatic heterocycles. The molecule has 0 saturated carbocycles. The summed E-state index contributed by atoms with van der Waals surface area (Å²) in [7, 11) is 0. The molecule has 6 heteroatoms. The molecular weight excluding hydrogens is 318 g/mol. The number of aromatic nitrogens is 1. The fraction of sp³-hybridized carbons (Fsp3) is 0.389. The monoisotopic (exact) mass is 341 g/mol. The number of thioether (sulfide) groups is 1. The van der Waals surface area contributed by atoms with Gasteiger partial charge in [0.1, 0.15) is 0 Å². The molecule has 0 aliphatic carbocycles. The first-order valence-electron chi connectivity index (χ1n) is 8.49. The van der Waals surface area contributed by atoms with Crippen molar-refractivity contribution in [3.8, 4) is 0 Å². The van der Waals surface area contributed by atoms with Crippen molar-refractivity contribution in [3.05, 3.63) is 53.5 Å². The van der Waals surface area contributed by atoms with Gasteiger partial charge in [0.15, 0.2) is 0 Å². The van der Waals surface area contributed by atoms with Crippen LogP contribution in [-0.2, 0) is 0 Å². The van der Waals surface area contributed by atoms with Crippen LogP contribution in [-0.4, -0.2) is 29.5 Å². The van der Waals surface area contributed by atoms with Gasteiger partial charge in [0.2, 0.25) is 0 Å².